The van der Waals surface area contributed by atoms with E-state index >= 15 is 0 Å². The van der Waals surface area contributed by atoms with Gasteiger partial charge in [-0.1, -0.05) is 16.4 Å². The summed E-state index contributed by atoms with van der Waals surface area (Å²) in [4.78, 5) is 10.6. The standard InChI is InChI=1S/C9H12FN3OS.BF4/c1-7(14)11-5-6-15-9-4-3-8(10)12-13(9)2;2-1(3,4)5/h3-4H,5-6H2,1-2H3;/q;-1/p+1. The molecular formula is C9H13BF5N3OS. The number of nitrogens with one attached hydrogen (secondary N) is 1. The molecule has 1 aromatic rings. The molecule has 0 fully saturated rings. The molecule has 1 amide bonds. The largest absolute Gasteiger partial charge is 0.673 e. The van der Waals surface area contributed by atoms with E-state index in [9.17, 15) is 26.4 Å². The minimum Gasteiger partial charge on any atom is -0.418 e. The maximum atomic E-state index is 12.6. The highest BCUT2D eigenvalue weighted by atomic mass is 32.2. The number of carbonyl (C=O) groups is 1. The van der Waals surface area contributed by atoms with Crippen LogP contribution in [0.25, 0.3) is 0 Å². The third-order valence-electron chi connectivity index (χ3n) is 1.65. The molecule has 0 spiro atoms. The lowest BCUT2D eigenvalue weighted by atomic mass is 10.3. The molecule has 1 heterocycles. The number of amides is 1. The molecule has 0 unspecified atom stereocenters. The summed E-state index contributed by atoms with van der Waals surface area (Å²) in [5, 5.41) is 7.18. The summed E-state index contributed by atoms with van der Waals surface area (Å²) in [5.74, 6) is 0.196. The zero-order chi connectivity index (χ0) is 15.8. The van der Waals surface area contributed by atoms with Crippen LogP contribution in [-0.2, 0) is 11.8 Å². The second kappa shape index (κ2) is 8.72. The minimum absolute atomic E-state index is 0.0443. The summed E-state index contributed by atoms with van der Waals surface area (Å²) in [5.41, 5.74) is 0. The third-order valence-corrected chi connectivity index (χ3v) is 2.76. The number of hydrogen-bond acceptors (Lipinski definition) is 3. The summed E-state index contributed by atoms with van der Waals surface area (Å²) in [6.07, 6.45) is 0. The molecule has 0 aromatic carbocycles. The Bertz CT molecular complexity index is 440. The first kappa shape index (κ1) is 18.6. The van der Waals surface area contributed by atoms with Crippen LogP contribution in [0, 0.1) is 5.95 Å². The first-order valence-electron chi connectivity index (χ1n) is 5.37. The summed E-state index contributed by atoms with van der Waals surface area (Å²) in [7, 11) is -4.32. The van der Waals surface area contributed by atoms with E-state index in [-0.39, 0.29) is 5.91 Å². The highest BCUT2D eigenvalue weighted by Crippen LogP contribution is 2.11. The van der Waals surface area contributed by atoms with Crippen LogP contribution >= 0.6 is 11.8 Å². The van der Waals surface area contributed by atoms with Crippen molar-refractivity contribution in [3.05, 3.63) is 18.1 Å². The van der Waals surface area contributed by atoms with E-state index in [1.807, 2.05) is 0 Å². The molecule has 0 saturated carbocycles. The molecule has 11 heteroatoms. The minimum atomic E-state index is -6.00. The Morgan fingerprint density at radius 3 is 2.40 bits per heavy atom. The van der Waals surface area contributed by atoms with Gasteiger partial charge in [0.25, 0.3) is 11.0 Å². The predicted molar refractivity (Wildman–Crippen MR) is 65.0 cm³/mol. The molecule has 0 saturated heterocycles. The molecule has 4 nitrogen and oxygen atoms in total. The van der Waals surface area contributed by atoms with Gasteiger partial charge in [-0.2, -0.15) is 4.39 Å². The highest BCUT2D eigenvalue weighted by Gasteiger charge is 2.20. The molecular weight excluding hydrogens is 304 g/mol. The maximum Gasteiger partial charge on any atom is 0.673 e. The third kappa shape index (κ3) is 11.7. The number of hydrogen-bond donors (Lipinski definition) is 1. The fraction of sp³-hybridized carbons (Fsp3) is 0.444. The maximum absolute atomic E-state index is 12.6. The lowest BCUT2D eigenvalue weighted by molar-refractivity contribution is -0.768. The zero-order valence-corrected chi connectivity index (χ0v) is 11.6. The van der Waals surface area contributed by atoms with Gasteiger partial charge in [-0.25, -0.2) is 0 Å². The van der Waals surface area contributed by atoms with Crippen molar-refractivity contribution in [3.8, 4) is 0 Å². The Kier molecular flexibility index (Phi) is 8.12. The van der Waals surface area contributed by atoms with Crippen molar-refractivity contribution in [1.82, 2.24) is 10.4 Å². The van der Waals surface area contributed by atoms with Gasteiger partial charge in [0, 0.05) is 36.5 Å². The van der Waals surface area contributed by atoms with Crippen molar-refractivity contribution in [2.45, 2.75) is 11.9 Å². The number of carbonyl (C=O) groups excluding carboxylic acids is 1. The van der Waals surface area contributed by atoms with Crippen molar-refractivity contribution < 1.29 is 31.1 Å². The summed E-state index contributed by atoms with van der Waals surface area (Å²) < 4.78 is 53.1. The van der Waals surface area contributed by atoms with Crippen LogP contribution < -0.4 is 10.00 Å². The lowest BCUT2D eigenvalue weighted by Crippen LogP contribution is -2.36. The van der Waals surface area contributed by atoms with Crippen LogP contribution in [0.5, 0.6) is 0 Å². The van der Waals surface area contributed by atoms with Crippen molar-refractivity contribution in [3.63, 3.8) is 0 Å². The summed E-state index contributed by atoms with van der Waals surface area (Å²) in [6, 6.07) is 2.99. The predicted octanol–water partition coefficient (Wildman–Crippen LogP) is 1.57. The first-order valence-corrected chi connectivity index (χ1v) is 6.35. The zero-order valence-electron chi connectivity index (χ0n) is 10.7. The van der Waals surface area contributed by atoms with E-state index in [2.05, 4.69) is 10.4 Å². The smallest absolute Gasteiger partial charge is 0.418 e. The topological polar surface area (TPSA) is 45.9 Å². The van der Waals surface area contributed by atoms with Gasteiger partial charge < -0.3 is 22.6 Å². The van der Waals surface area contributed by atoms with Gasteiger partial charge in [-0.15, -0.1) is 0 Å². The Morgan fingerprint density at radius 2 is 1.95 bits per heavy atom. The van der Waals surface area contributed by atoms with Crippen LogP contribution in [0.15, 0.2) is 17.2 Å². The number of rotatable bonds is 4. The van der Waals surface area contributed by atoms with Gasteiger partial charge >= 0.3 is 7.25 Å². The number of aryl methyl sites for hydroxylation is 1. The van der Waals surface area contributed by atoms with Crippen LogP contribution in [-0.4, -0.2) is 30.6 Å². The summed E-state index contributed by atoms with van der Waals surface area (Å²) in [6.45, 7) is 2.07. The van der Waals surface area contributed by atoms with Crippen LogP contribution in [0.3, 0.4) is 0 Å². The van der Waals surface area contributed by atoms with Crippen molar-refractivity contribution in [1.29, 1.82) is 0 Å². The Hall–Kier alpha value is -1.39. The van der Waals surface area contributed by atoms with E-state index in [4.69, 9.17) is 0 Å². The van der Waals surface area contributed by atoms with Crippen molar-refractivity contribution in [2.75, 3.05) is 12.3 Å². The van der Waals surface area contributed by atoms with Gasteiger partial charge in [-0.3, -0.25) is 4.79 Å². The number of nitrogens with zero attached hydrogens (tertiary/aromatic N) is 2. The second-order valence-corrected chi connectivity index (χ2v) is 4.56. The van der Waals surface area contributed by atoms with Crippen LogP contribution in [0.2, 0.25) is 0 Å². The van der Waals surface area contributed by atoms with E-state index in [1.165, 1.54) is 29.4 Å². The Morgan fingerprint density at radius 1 is 1.40 bits per heavy atom. The molecule has 0 atom stereocenters. The highest BCUT2D eigenvalue weighted by molar-refractivity contribution is 7.99. The second-order valence-electron chi connectivity index (χ2n) is 3.44. The van der Waals surface area contributed by atoms with E-state index in [0.717, 1.165) is 10.8 Å². The average Bonchev–Trinajstić information content (AvgIpc) is 2.24. The Balaban J connectivity index is 0.000000621. The number of halogens is 5. The first-order chi connectivity index (χ1) is 9.09. The number of thioether (sulfide) groups is 1. The molecule has 1 aromatic heterocycles. The summed E-state index contributed by atoms with van der Waals surface area (Å²) >= 11 is 1.52. The quantitative estimate of drug-likeness (QED) is 0.301. The molecule has 0 aliphatic carbocycles. The normalized spacial score (nSPS) is 10.6. The molecule has 1 N–H and O–H groups in total. The van der Waals surface area contributed by atoms with Crippen molar-refractivity contribution in [2.24, 2.45) is 7.05 Å². The number of aromatic nitrogens is 2. The van der Waals surface area contributed by atoms with E-state index < -0.39 is 13.2 Å². The van der Waals surface area contributed by atoms with Crippen LogP contribution in [0.4, 0.5) is 21.7 Å². The van der Waals surface area contributed by atoms with E-state index in [1.54, 1.807) is 13.1 Å². The fourth-order valence-electron chi connectivity index (χ4n) is 0.998. The van der Waals surface area contributed by atoms with Gasteiger partial charge in [0.1, 0.15) is 0 Å². The van der Waals surface area contributed by atoms with Gasteiger partial charge in [0.15, 0.2) is 7.05 Å². The Labute approximate surface area is 116 Å². The molecule has 114 valence electrons. The lowest BCUT2D eigenvalue weighted by Gasteiger charge is -1.99. The average molecular weight is 317 g/mol. The monoisotopic (exact) mass is 317 g/mol. The van der Waals surface area contributed by atoms with Crippen LogP contribution in [0.1, 0.15) is 6.92 Å². The molecule has 0 aliphatic rings. The van der Waals surface area contributed by atoms with Gasteiger partial charge in [-0.05, 0) is 0 Å². The van der Waals surface area contributed by atoms with Crippen molar-refractivity contribution >= 4 is 24.9 Å². The molecule has 1 rings (SSSR count). The SMILES string of the molecule is CC(=O)NCCSc1ccc(F)n[n+]1C.F[B-](F)(F)F. The molecule has 0 aliphatic heterocycles. The van der Waals surface area contributed by atoms with E-state index in [0.29, 0.717) is 6.54 Å². The van der Waals surface area contributed by atoms with Gasteiger partial charge in [0.2, 0.25) is 5.91 Å². The van der Waals surface area contributed by atoms with Gasteiger partial charge in [0.05, 0.1) is 0 Å². The molecule has 0 bridgehead atoms. The molecule has 20 heavy (non-hydrogen) atoms. The fourth-order valence-corrected chi connectivity index (χ4v) is 1.80. The molecule has 0 radical (unpaired) electrons.